The lowest BCUT2D eigenvalue weighted by Gasteiger charge is -2.09. The van der Waals surface area contributed by atoms with Gasteiger partial charge < -0.3 is 16.4 Å². The zero-order chi connectivity index (χ0) is 16.1. The summed E-state index contributed by atoms with van der Waals surface area (Å²) < 4.78 is 12.8. The molecule has 0 radical (unpaired) electrons. The minimum Gasteiger partial charge on any atom is -0.366 e. The van der Waals surface area contributed by atoms with E-state index in [2.05, 4.69) is 10.6 Å². The van der Waals surface area contributed by atoms with Crippen molar-refractivity contribution in [3.8, 4) is 0 Å². The number of halogens is 1. The number of carbonyl (C=O) groups excluding carboxylic acids is 3. The summed E-state index contributed by atoms with van der Waals surface area (Å²) in [5.74, 6) is -3.11. The number of amides is 3. The molecule has 0 atom stereocenters. The van der Waals surface area contributed by atoms with Crippen LogP contribution in [0.4, 0.5) is 15.8 Å². The Morgan fingerprint density at radius 3 is 2.09 bits per heavy atom. The molecule has 0 heterocycles. The summed E-state index contributed by atoms with van der Waals surface area (Å²) in [4.78, 5) is 34.8. The first kappa shape index (κ1) is 15.2. The fraction of sp³-hybridized carbons (Fsp3) is 0. The molecule has 0 bridgehead atoms. The van der Waals surface area contributed by atoms with Gasteiger partial charge >= 0.3 is 11.8 Å². The van der Waals surface area contributed by atoms with E-state index in [9.17, 15) is 18.8 Å². The molecule has 22 heavy (non-hydrogen) atoms. The first-order valence-corrected chi connectivity index (χ1v) is 6.24. The van der Waals surface area contributed by atoms with Crippen LogP contribution in [-0.4, -0.2) is 17.7 Å². The van der Waals surface area contributed by atoms with Crippen LogP contribution >= 0.6 is 0 Å². The number of para-hydroxylation sites is 1. The van der Waals surface area contributed by atoms with Crippen LogP contribution in [0, 0.1) is 5.82 Å². The predicted molar refractivity (Wildman–Crippen MR) is 78.6 cm³/mol. The molecule has 4 N–H and O–H groups in total. The van der Waals surface area contributed by atoms with Gasteiger partial charge in [-0.05, 0) is 36.4 Å². The van der Waals surface area contributed by atoms with Gasteiger partial charge in [0.05, 0.1) is 11.3 Å². The highest BCUT2D eigenvalue weighted by molar-refractivity contribution is 6.44. The molecule has 112 valence electrons. The van der Waals surface area contributed by atoms with Crippen molar-refractivity contribution in [2.24, 2.45) is 5.73 Å². The van der Waals surface area contributed by atoms with Crippen LogP contribution in [0.3, 0.4) is 0 Å². The highest BCUT2D eigenvalue weighted by Gasteiger charge is 2.16. The average Bonchev–Trinajstić information content (AvgIpc) is 2.49. The number of hydrogen-bond acceptors (Lipinski definition) is 3. The van der Waals surface area contributed by atoms with Gasteiger partial charge in [-0.25, -0.2) is 4.39 Å². The van der Waals surface area contributed by atoms with Gasteiger partial charge in [0.2, 0.25) is 0 Å². The average molecular weight is 301 g/mol. The van der Waals surface area contributed by atoms with Crippen molar-refractivity contribution in [1.29, 1.82) is 0 Å². The molecule has 0 aromatic heterocycles. The Morgan fingerprint density at radius 1 is 0.864 bits per heavy atom. The Hall–Kier alpha value is -3.22. The summed E-state index contributed by atoms with van der Waals surface area (Å²) in [6, 6.07) is 11.0. The maximum atomic E-state index is 12.8. The van der Waals surface area contributed by atoms with Gasteiger partial charge in [-0.15, -0.1) is 0 Å². The van der Waals surface area contributed by atoms with Crippen LogP contribution in [0.5, 0.6) is 0 Å². The topological polar surface area (TPSA) is 101 Å². The minimum atomic E-state index is -0.974. The van der Waals surface area contributed by atoms with Crippen LogP contribution in [0.1, 0.15) is 10.4 Å². The second kappa shape index (κ2) is 6.49. The molecular weight excluding hydrogens is 289 g/mol. The second-order valence-electron chi connectivity index (χ2n) is 4.32. The summed E-state index contributed by atoms with van der Waals surface area (Å²) in [5, 5.41) is 4.60. The van der Waals surface area contributed by atoms with E-state index in [1.165, 1.54) is 24.3 Å². The molecule has 0 aliphatic rings. The fourth-order valence-corrected chi connectivity index (χ4v) is 1.71. The Kier molecular flexibility index (Phi) is 4.47. The summed E-state index contributed by atoms with van der Waals surface area (Å²) in [6.45, 7) is 0. The van der Waals surface area contributed by atoms with Crippen molar-refractivity contribution in [3.05, 3.63) is 59.9 Å². The normalized spacial score (nSPS) is 9.86. The number of hydrogen-bond donors (Lipinski definition) is 3. The van der Waals surface area contributed by atoms with Gasteiger partial charge in [0.25, 0.3) is 5.91 Å². The molecule has 0 aliphatic heterocycles. The Bertz CT molecular complexity index is 729. The smallest absolute Gasteiger partial charge is 0.314 e. The molecule has 0 unspecified atom stereocenters. The van der Waals surface area contributed by atoms with E-state index in [4.69, 9.17) is 5.73 Å². The van der Waals surface area contributed by atoms with Crippen LogP contribution < -0.4 is 16.4 Å². The summed E-state index contributed by atoms with van der Waals surface area (Å²) in [5.41, 5.74) is 5.67. The van der Waals surface area contributed by atoms with Gasteiger partial charge in [-0.3, -0.25) is 14.4 Å². The molecule has 0 fully saturated rings. The molecule has 3 amide bonds. The zero-order valence-electron chi connectivity index (χ0n) is 11.3. The first-order valence-electron chi connectivity index (χ1n) is 6.24. The van der Waals surface area contributed by atoms with Crippen molar-refractivity contribution in [2.75, 3.05) is 10.6 Å². The highest BCUT2D eigenvalue weighted by Crippen LogP contribution is 2.14. The SMILES string of the molecule is NC(=O)c1ccccc1NC(=O)C(=O)Nc1ccc(F)cc1. The van der Waals surface area contributed by atoms with Crippen LogP contribution in [0.15, 0.2) is 48.5 Å². The Balaban J connectivity index is 2.07. The van der Waals surface area contributed by atoms with Crippen LogP contribution in [0.25, 0.3) is 0 Å². The Labute approximate surface area is 125 Å². The monoisotopic (exact) mass is 301 g/mol. The number of nitrogens with two attached hydrogens (primary N) is 1. The standard InChI is InChI=1S/C15H12FN3O3/c16-9-5-7-10(8-6-9)18-14(21)15(22)19-12-4-2-1-3-11(12)13(17)20/h1-8H,(H2,17,20)(H,18,21)(H,19,22). The molecule has 2 rings (SSSR count). The maximum Gasteiger partial charge on any atom is 0.314 e. The van der Waals surface area contributed by atoms with Crippen molar-refractivity contribution >= 4 is 29.1 Å². The number of benzene rings is 2. The van der Waals surface area contributed by atoms with Gasteiger partial charge in [-0.1, -0.05) is 12.1 Å². The molecule has 2 aromatic rings. The second-order valence-corrected chi connectivity index (χ2v) is 4.32. The van der Waals surface area contributed by atoms with E-state index in [1.54, 1.807) is 12.1 Å². The predicted octanol–water partition coefficient (Wildman–Crippen LogP) is 1.50. The van der Waals surface area contributed by atoms with E-state index < -0.39 is 23.5 Å². The lowest BCUT2D eigenvalue weighted by molar-refractivity contribution is -0.133. The third-order valence-corrected chi connectivity index (χ3v) is 2.75. The van der Waals surface area contributed by atoms with E-state index in [1.807, 2.05) is 0 Å². The molecule has 2 aromatic carbocycles. The van der Waals surface area contributed by atoms with E-state index in [0.29, 0.717) is 0 Å². The molecule has 0 spiro atoms. The molecular formula is C15H12FN3O3. The van der Waals surface area contributed by atoms with Gasteiger partial charge in [0.1, 0.15) is 5.82 Å². The number of nitrogens with one attached hydrogen (secondary N) is 2. The third kappa shape index (κ3) is 3.66. The lowest BCUT2D eigenvalue weighted by Crippen LogP contribution is -2.30. The first-order chi connectivity index (χ1) is 10.5. The number of primary amides is 1. The molecule has 0 aliphatic carbocycles. The quantitative estimate of drug-likeness (QED) is 0.749. The molecule has 0 saturated carbocycles. The highest BCUT2D eigenvalue weighted by atomic mass is 19.1. The van der Waals surface area contributed by atoms with Crippen molar-refractivity contribution in [3.63, 3.8) is 0 Å². The van der Waals surface area contributed by atoms with E-state index in [-0.39, 0.29) is 16.9 Å². The number of anilines is 2. The number of rotatable bonds is 3. The largest absolute Gasteiger partial charge is 0.366 e. The van der Waals surface area contributed by atoms with Crippen molar-refractivity contribution in [2.45, 2.75) is 0 Å². The zero-order valence-corrected chi connectivity index (χ0v) is 11.3. The maximum absolute atomic E-state index is 12.8. The van der Waals surface area contributed by atoms with Crippen LogP contribution in [0.2, 0.25) is 0 Å². The van der Waals surface area contributed by atoms with Gasteiger partial charge in [0.15, 0.2) is 0 Å². The van der Waals surface area contributed by atoms with E-state index >= 15 is 0 Å². The lowest BCUT2D eigenvalue weighted by atomic mass is 10.1. The fourth-order valence-electron chi connectivity index (χ4n) is 1.71. The molecule has 6 nitrogen and oxygen atoms in total. The minimum absolute atomic E-state index is 0.0884. The summed E-state index contributed by atoms with van der Waals surface area (Å²) >= 11 is 0. The number of carbonyl (C=O) groups is 3. The van der Waals surface area contributed by atoms with Crippen molar-refractivity contribution < 1.29 is 18.8 Å². The van der Waals surface area contributed by atoms with E-state index in [0.717, 1.165) is 12.1 Å². The van der Waals surface area contributed by atoms with Gasteiger partial charge in [0, 0.05) is 5.69 Å². The molecule has 7 heteroatoms. The third-order valence-electron chi connectivity index (χ3n) is 2.75. The Morgan fingerprint density at radius 2 is 1.45 bits per heavy atom. The van der Waals surface area contributed by atoms with Crippen LogP contribution in [-0.2, 0) is 9.59 Å². The van der Waals surface area contributed by atoms with Crippen molar-refractivity contribution in [1.82, 2.24) is 0 Å². The van der Waals surface area contributed by atoms with Gasteiger partial charge in [-0.2, -0.15) is 0 Å². The summed E-state index contributed by atoms with van der Waals surface area (Å²) in [7, 11) is 0. The summed E-state index contributed by atoms with van der Waals surface area (Å²) in [6.07, 6.45) is 0. The molecule has 0 saturated heterocycles.